The Balaban J connectivity index is 1.60. The summed E-state index contributed by atoms with van der Waals surface area (Å²) in [4.78, 5) is 25.5. The molecule has 3 rings (SSSR count). The molecule has 0 aromatic heterocycles. The fourth-order valence-corrected chi connectivity index (χ4v) is 3.48. The quantitative estimate of drug-likeness (QED) is 0.298. The van der Waals surface area contributed by atoms with E-state index in [1.54, 1.807) is 12.1 Å². The van der Waals surface area contributed by atoms with Crippen LogP contribution in [0.2, 0.25) is 0 Å². The molecule has 2 aromatic rings. The van der Waals surface area contributed by atoms with Crippen LogP contribution in [0, 0.1) is 23.0 Å². The summed E-state index contributed by atoms with van der Waals surface area (Å²) in [5.74, 6) is 0.586. The van der Waals surface area contributed by atoms with E-state index in [9.17, 15) is 14.9 Å². The molecule has 0 N–H and O–H groups in total. The Bertz CT molecular complexity index is 866. The number of hydrogen-bond acceptors (Lipinski definition) is 6. The van der Waals surface area contributed by atoms with E-state index in [-0.39, 0.29) is 24.5 Å². The van der Waals surface area contributed by atoms with Crippen LogP contribution in [0.4, 0.5) is 11.4 Å². The maximum absolute atomic E-state index is 12.3. The highest BCUT2D eigenvalue weighted by Gasteiger charge is 2.25. The van der Waals surface area contributed by atoms with Crippen LogP contribution in [0.5, 0.6) is 5.75 Å². The number of ether oxygens (including phenoxy) is 2. The summed E-state index contributed by atoms with van der Waals surface area (Å²) in [6, 6.07) is 12.1. The van der Waals surface area contributed by atoms with Crippen molar-refractivity contribution in [2.24, 2.45) is 5.92 Å². The predicted molar refractivity (Wildman–Crippen MR) is 111 cm³/mol. The lowest BCUT2D eigenvalue weighted by molar-refractivity contribution is -0.384. The maximum atomic E-state index is 12.3. The van der Waals surface area contributed by atoms with Gasteiger partial charge in [0.2, 0.25) is 0 Å². The van der Waals surface area contributed by atoms with Crippen LogP contribution in [0.1, 0.15) is 35.7 Å². The molecule has 0 aliphatic carbocycles. The first-order chi connectivity index (χ1) is 13.9. The Morgan fingerprint density at radius 1 is 1.21 bits per heavy atom. The first-order valence-corrected chi connectivity index (χ1v) is 9.84. The fraction of sp³-hybridized carbons (Fsp3) is 0.409. The summed E-state index contributed by atoms with van der Waals surface area (Å²) < 4.78 is 10.7. The van der Waals surface area contributed by atoms with E-state index >= 15 is 0 Å². The van der Waals surface area contributed by atoms with Gasteiger partial charge in [-0.3, -0.25) is 10.1 Å². The zero-order valence-corrected chi connectivity index (χ0v) is 16.8. The molecule has 2 aromatic carbocycles. The summed E-state index contributed by atoms with van der Waals surface area (Å²) in [5, 5.41) is 11.6. The van der Waals surface area contributed by atoms with Crippen molar-refractivity contribution in [1.82, 2.24) is 0 Å². The summed E-state index contributed by atoms with van der Waals surface area (Å²) in [5.41, 5.74) is 1.79. The smallest absolute Gasteiger partial charge is 0.338 e. The van der Waals surface area contributed by atoms with Gasteiger partial charge in [-0.25, -0.2) is 4.79 Å². The predicted octanol–water partition coefficient (Wildman–Crippen LogP) is 4.38. The molecular formula is C22H26N2O5. The molecule has 1 heterocycles. The van der Waals surface area contributed by atoms with E-state index in [0.717, 1.165) is 31.5 Å². The van der Waals surface area contributed by atoms with E-state index in [1.807, 2.05) is 36.1 Å². The molecule has 0 saturated carbocycles. The highest BCUT2D eigenvalue weighted by Crippen LogP contribution is 2.32. The molecule has 0 amide bonds. The summed E-state index contributed by atoms with van der Waals surface area (Å²) >= 11 is 0. The third-order valence-corrected chi connectivity index (χ3v) is 5.01. The lowest BCUT2D eigenvalue weighted by Crippen LogP contribution is -2.34. The Morgan fingerprint density at radius 3 is 2.66 bits per heavy atom. The lowest BCUT2D eigenvalue weighted by Gasteiger charge is -2.32. The summed E-state index contributed by atoms with van der Waals surface area (Å²) in [7, 11) is 0. The minimum atomic E-state index is -0.598. The van der Waals surface area contributed by atoms with Gasteiger partial charge in [-0.15, -0.1) is 0 Å². The number of hydrogen-bond donors (Lipinski definition) is 0. The third-order valence-electron chi connectivity index (χ3n) is 5.01. The monoisotopic (exact) mass is 398 g/mol. The normalized spacial score (nSPS) is 16.3. The average molecular weight is 398 g/mol. The van der Waals surface area contributed by atoms with Crippen LogP contribution in [-0.2, 0) is 4.74 Å². The molecule has 1 aliphatic rings. The van der Waals surface area contributed by atoms with E-state index < -0.39 is 10.9 Å². The number of nitro groups is 1. The number of anilines is 1. The molecule has 1 saturated heterocycles. The number of nitro benzene ring substituents is 1. The molecule has 29 heavy (non-hydrogen) atoms. The van der Waals surface area contributed by atoms with Gasteiger partial charge in [0, 0.05) is 19.2 Å². The molecule has 1 fully saturated rings. The van der Waals surface area contributed by atoms with Gasteiger partial charge in [0.15, 0.2) is 0 Å². The fourth-order valence-electron chi connectivity index (χ4n) is 3.48. The van der Waals surface area contributed by atoms with Gasteiger partial charge in [0.05, 0.1) is 10.5 Å². The number of benzene rings is 2. The van der Waals surface area contributed by atoms with Gasteiger partial charge in [0.25, 0.3) is 5.69 Å². The van der Waals surface area contributed by atoms with Crippen molar-refractivity contribution in [3.63, 3.8) is 0 Å². The standard InChI is InChI=1S/C22H26N2O5/c1-16-5-8-19(9-6-16)28-12-13-29-22(25)18-7-10-20(21(14-18)24(26)27)23-11-3-4-17(2)15-23/h5-10,14,17H,3-4,11-13,15H2,1-2H3/t17-/m1/s1. The SMILES string of the molecule is Cc1ccc(OCCOC(=O)c2ccc(N3CCC[C@@H](C)C3)c([N+](=O)[O-])c2)cc1. The number of piperidine rings is 1. The first-order valence-electron chi connectivity index (χ1n) is 9.84. The van der Waals surface area contributed by atoms with E-state index in [4.69, 9.17) is 9.47 Å². The van der Waals surface area contributed by atoms with Gasteiger partial charge < -0.3 is 14.4 Å². The van der Waals surface area contributed by atoms with Crippen LogP contribution in [-0.4, -0.2) is 37.2 Å². The Hall–Kier alpha value is -3.09. The number of nitrogens with zero attached hydrogens (tertiary/aromatic N) is 2. The van der Waals surface area contributed by atoms with Crippen LogP contribution >= 0.6 is 0 Å². The highest BCUT2D eigenvalue weighted by atomic mass is 16.6. The van der Waals surface area contributed by atoms with Crippen LogP contribution < -0.4 is 9.64 Å². The van der Waals surface area contributed by atoms with Crippen molar-refractivity contribution in [2.75, 3.05) is 31.2 Å². The molecule has 154 valence electrons. The molecular weight excluding hydrogens is 372 g/mol. The second-order valence-electron chi connectivity index (χ2n) is 7.45. The van der Waals surface area contributed by atoms with Crippen molar-refractivity contribution < 1.29 is 19.2 Å². The van der Waals surface area contributed by atoms with Crippen molar-refractivity contribution in [2.45, 2.75) is 26.7 Å². The number of carbonyl (C=O) groups is 1. The summed E-state index contributed by atoms with van der Waals surface area (Å²) in [6.07, 6.45) is 2.13. The number of aryl methyl sites for hydroxylation is 1. The second-order valence-corrected chi connectivity index (χ2v) is 7.45. The van der Waals surface area contributed by atoms with Crippen LogP contribution in [0.3, 0.4) is 0 Å². The molecule has 0 radical (unpaired) electrons. The van der Waals surface area contributed by atoms with Crippen molar-refractivity contribution in [3.8, 4) is 5.75 Å². The van der Waals surface area contributed by atoms with Gasteiger partial charge in [-0.1, -0.05) is 24.6 Å². The highest BCUT2D eigenvalue weighted by molar-refractivity contribution is 5.91. The average Bonchev–Trinajstić information content (AvgIpc) is 2.72. The minimum absolute atomic E-state index is 0.0614. The Kier molecular flexibility index (Phi) is 6.69. The van der Waals surface area contributed by atoms with Gasteiger partial charge in [-0.05, 0) is 49.9 Å². The molecule has 7 heteroatoms. The van der Waals surface area contributed by atoms with Gasteiger partial charge >= 0.3 is 5.97 Å². The molecule has 1 atom stereocenters. The molecule has 0 unspecified atom stereocenters. The number of esters is 1. The molecule has 0 spiro atoms. The maximum Gasteiger partial charge on any atom is 0.338 e. The van der Waals surface area contributed by atoms with E-state index in [1.165, 1.54) is 6.07 Å². The van der Waals surface area contributed by atoms with Crippen molar-refractivity contribution in [3.05, 3.63) is 63.7 Å². The molecule has 1 aliphatic heterocycles. The largest absolute Gasteiger partial charge is 0.490 e. The number of carbonyl (C=O) groups excluding carboxylic acids is 1. The van der Waals surface area contributed by atoms with Crippen molar-refractivity contribution >= 4 is 17.3 Å². The Labute approximate surface area is 170 Å². The van der Waals surface area contributed by atoms with E-state index in [2.05, 4.69) is 6.92 Å². The topological polar surface area (TPSA) is 81.9 Å². The first kappa shape index (κ1) is 20.6. The van der Waals surface area contributed by atoms with Crippen molar-refractivity contribution in [1.29, 1.82) is 0 Å². The molecule has 0 bridgehead atoms. The van der Waals surface area contributed by atoms with Crippen LogP contribution in [0.15, 0.2) is 42.5 Å². The zero-order chi connectivity index (χ0) is 20.8. The number of rotatable bonds is 7. The van der Waals surface area contributed by atoms with Gasteiger partial charge in [0.1, 0.15) is 24.7 Å². The van der Waals surface area contributed by atoms with Gasteiger partial charge in [-0.2, -0.15) is 0 Å². The Morgan fingerprint density at radius 2 is 1.97 bits per heavy atom. The van der Waals surface area contributed by atoms with E-state index in [0.29, 0.717) is 17.4 Å². The second kappa shape index (κ2) is 9.41. The summed E-state index contributed by atoms with van der Waals surface area (Å²) in [6.45, 7) is 5.96. The minimum Gasteiger partial charge on any atom is -0.490 e. The third kappa shape index (κ3) is 5.47. The zero-order valence-electron chi connectivity index (χ0n) is 16.8. The lowest BCUT2D eigenvalue weighted by atomic mass is 9.99. The molecule has 7 nitrogen and oxygen atoms in total. The van der Waals surface area contributed by atoms with Crippen LogP contribution in [0.25, 0.3) is 0 Å².